The summed E-state index contributed by atoms with van der Waals surface area (Å²) < 4.78 is 0. The Morgan fingerprint density at radius 1 is 1.00 bits per heavy atom. The molecule has 0 aromatic rings. The molecule has 5 nitrogen and oxygen atoms in total. The molecule has 2 amide bonds. The Balaban J connectivity index is 2.01. The number of likely N-dealkylation sites (tertiary alicyclic amines) is 1. The molecule has 2 rings (SSSR count). The zero-order chi connectivity index (χ0) is 14.5. The zero-order valence-corrected chi connectivity index (χ0v) is 12.4. The molecule has 1 aliphatic heterocycles. The second-order valence-corrected chi connectivity index (χ2v) is 6.08. The number of carbonyl (C=O) groups excluding carboxylic acids is 1. The van der Waals surface area contributed by atoms with Crippen LogP contribution < -0.4 is 0 Å². The third-order valence-electron chi connectivity index (χ3n) is 4.71. The van der Waals surface area contributed by atoms with Gasteiger partial charge in [-0.3, -0.25) is 0 Å². The van der Waals surface area contributed by atoms with Crippen LogP contribution >= 0.6 is 0 Å². The number of urea groups is 1. The highest BCUT2D eigenvalue weighted by Gasteiger charge is 2.35. The van der Waals surface area contributed by atoms with Crippen LogP contribution in [-0.4, -0.2) is 52.6 Å². The molecule has 0 aromatic carbocycles. The molecule has 0 bridgehead atoms. The number of amides is 2. The highest BCUT2D eigenvalue weighted by molar-refractivity contribution is 5.83. The summed E-state index contributed by atoms with van der Waals surface area (Å²) in [5, 5.41) is 9.28. The Kier molecular flexibility index (Phi) is 5.26. The molecule has 1 aliphatic carbocycles. The molecule has 114 valence electrons. The molecule has 1 unspecified atom stereocenters. The first-order valence-corrected chi connectivity index (χ1v) is 7.87. The van der Waals surface area contributed by atoms with Crippen molar-refractivity contribution in [1.82, 2.24) is 9.80 Å². The van der Waals surface area contributed by atoms with Gasteiger partial charge in [-0.15, -0.1) is 0 Å². The van der Waals surface area contributed by atoms with E-state index in [0.717, 1.165) is 25.7 Å². The largest absolute Gasteiger partial charge is 0.480 e. The van der Waals surface area contributed by atoms with Crippen molar-refractivity contribution >= 4 is 12.0 Å². The van der Waals surface area contributed by atoms with E-state index in [2.05, 4.69) is 0 Å². The van der Waals surface area contributed by atoms with Gasteiger partial charge in [0.15, 0.2) is 0 Å². The average molecular weight is 282 g/mol. The van der Waals surface area contributed by atoms with Crippen molar-refractivity contribution < 1.29 is 14.7 Å². The van der Waals surface area contributed by atoms with E-state index in [-0.39, 0.29) is 12.1 Å². The van der Waals surface area contributed by atoms with Gasteiger partial charge in [0.1, 0.15) is 6.04 Å². The van der Waals surface area contributed by atoms with Crippen LogP contribution in [0.1, 0.15) is 57.8 Å². The lowest BCUT2D eigenvalue weighted by molar-refractivity contribution is -0.143. The third kappa shape index (κ3) is 3.44. The molecule has 0 aromatic heterocycles. The van der Waals surface area contributed by atoms with Crippen LogP contribution in [0.25, 0.3) is 0 Å². The normalized spacial score (nSPS) is 25.1. The van der Waals surface area contributed by atoms with Crippen molar-refractivity contribution in [2.24, 2.45) is 0 Å². The van der Waals surface area contributed by atoms with E-state index in [1.807, 2.05) is 7.05 Å². The summed E-state index contributed by atoms with van der Waals surface area (Å²) in [5.41, 5.74) is 0. The summed E-state index contributed by atoms with van der Waals surface area (Å²) in [7, 11) is 1.84. The summed E-state index contributed by atoms with van der Waals surface area (Å²) in [6.07, 6.45) is 9.33. The van der Waals surface area contributed by atoms with E-state index in [1.165, 1.54) is 25.7 Å². The molecule has 2 aliphatic rings. The fourth-order valence-electron chi connectivity index (χ4n) is 3.42. The Morgan fingerprint density at radius 2 is 1.60 bits per heavy atom. The first-order chi connectivity index (χ1) is 9.61. The van der Waals surface area contributed by atoms with Crippen LogP contribution in [0, 0.1) is 0 Å². The number of aliphatic carboxylic acids is 1. The van der Waals surface area contributed by atoms with Gasteiger partial charge in [0, 0.05) is 19.6 Å². The highest BCUT2D eigenvalue weighted by atomic mass is 16.4. The standard InChI is InChI=1S/C15H26N2O3/c1-16(12-8-4-2-3-5-9-12)15(20)17-11-7-6-10-13(17)14(18)19/h12-13H,2-11H2,1H3,(H,18,19). The van der Waals surface area contributed by atoms with E-state index in [0.29, 0.717) is 13.0 Å². The Bertz CT molecular complexity index is 351. The van der Waals surface area contributed by atoms with Crippen molar-refractivity contribution in [1.29, 1.82) is 0 Å². The maximum Gasteiger partial charge on any atom is 0.326 e. The zero-order valence-electron chi connectivity index (χ0n) is 12.4. The maximum atomic E-state index is 12.6. The van der Waals surface area contributed by atoms with Gasteiger partial charge in [0.2, 0.25) is 0 Å². The summed E-state index contributed by atoms with van der Waals surface area (Å²) in [5.74, 6) is -0.868. The van der Waals surface area contributed by atoms with Crippen LogP contribution in [0.5, 0.6) is 0 Å². The highest BCUT2D eigenvalue weighted by Crippen LogP contribution is 2.24. The van der Waals surface area contributed by atoms with Gasteiger partial charge < -0.3 is 14.9 Å². The average Bonchev–Trinajstić information content (AvgIpc) is 2.74. The summed E-state index contributed by atoms with van der Waals surface area (Å²) in [6.45, 7) is 0.576. The minimum absolute atomic E-state index is 0.0935. The van der Waals surface area contributed by atoms with Gasteiger partial charge in [0.25, 0.3) is 0 Å². The molecule has 20 heavy (non-hydrogen) atoms. The molecule has 1 atom stereocenters. The van der Waals surface area contributed by atoms with Gasteiger partial charge >= 0.3 is 12.0 Å². The molecule has 1 saturated carbocycles. The lowest BCUT2D eigenvalue weighted by atomic mass is 10.0. The van der Waals surface area contributed by atoms with Gasteiger partial charge in [0.05, 0.1) is 0 Å². The Hall–Kier alpha value is -1.26. The molecule has 0 spiro atoms. The van der Waals surface area contributed by atoms with E-state index in [4.69, 9.17) is 0 Å². The number of hydrogen-bond acceptors (Lipinski definition) is 2. The summed E-state index contributed by atoms with van der Waals surface area (Å²) in [6, 6.07) is -0.449. The smallest absolute Gasteiger partial charge is 0.326 e. The number of piperidine rings is 1. The van der Waals surface area contributed by atoms with Crippen LogP contribution in [-0.2, 0) is 4.79 Å². The van der Waals surface area contributed by atoms with Gasteiger partial charge in [-0.05, 0) is 32.1 Å². The molecular weight excluding hydrogens is 256 g/mol. The van der Waals surface area contributed by atoms with E-state index < -0.39 is 12.0 Å². The topological polar surface area (TPSA) is 60.9 Å². The summed E-state index contributed by atoms with van der Waals surface area (Å²) >= 11 is 0. The second-order valence-electron chi connectivity index (χ2n) is 6.08. The predicted octanol–water partition coefficient (Wildman–Crippen LogP) is 2.70. The molecule has 2 fully saturated rings. The van der Waals surface area contributed by atoms with Gasteiger partial charge in [-0.2, -0.15) is 0 Å². The number of carboxylic acids is 1. The van der Waals surface area contributed by atoms with Gasteiger partial charge in [-0.1, -0.05) is 25.7 Å². The minimum Gasteiger partial charge on any atom is -0.480 e. The Labute approximate surface area is 120 Å². The van der Waals surface area contributed by atoms with Crippen molar-refractivity contribution in [2.45, 2.75) is 69.9 Å². The second kappa shape index (κ2) is 6.95. The molecule has 1 N–H and O–H groups in total. The third-order valence-corrected chi connectivity index (χ3v) is 4.71. The van der Waals surface area contributed by atoms with Crippen LogP contribution in [0.3, 0.4) is 0 Å². The van der Waals surface area contributed by atoms with E-state index in [9.17, 15) is 14.7 Å². The van der Waals surface area contributed by atoms with Crippen LogP contribution in [0.4, 0.5) is 4.79 Å². The number of rotatable bonds is 2. The van der Waals surface area contributed by atoms with Crippen LogP contribution in [0.15, 0.2) is 0 Å². The van der Waals surface area contributed by atoms with Crippen molar-refractivity contribution in [3.8, 4) is 0 Å². The maximum absolute atomic E-state index is 12.6. The SMILES string of the molecule is CN(C(=O)N1CCCCC1C(=O)O)C1CCCCCC1. The lowest BCUT2D eigenvalue weighted by Gasteiger charge is -2.38. The van der Waals surface area contributed by atoms with Crippen molar-refractivity contribution in [2.75, 3.05) is 13.6 Å². The van der Waals surface area contributed by atoms with Crippen molar-refractivity contribution in [3.63, 3.8) is 0 Å². The minimum atomic E-state index is -0.868. The number of nitrogens with zero attached hydrogens (tertiary/aromatic N) is 2. The van der Waals surface area contributed by atoms with E-state index in [1.54, 1.807) is 9.80 Å². The van der Waals surface area contributed by atoms with Crippen LogP contribution in [0.2, 0.25) is 0 Å². The first-order valence-electron chi connectivity index (χ1n) is 7.87. The van der Waals surface area contributed by atoms with Gasteiger partial charge in [-0.25, -0.2) is 9.59 Å². The first kappa shape index (κ1) is 15.1. The lowest BCUT2D eigenvalue weighted by Crippen LogP contribution is -2.54. The van der Waals surface area contributed by atoms with E-state index >= 15 is 0 Å². The number of carboxylic acid groups (broad SMARTS) is 1. The molecule has 5 heteroatoms. The molecule has 1 saturated heterocycles. The molecule has 1 heterocycles. The molecule has 0 radical (unpaired) electrons. The predicted molar refractivity (Wildman–Crippen MR) is 76.6 cm³/mol. The monoisotopic (exact) mass is 282 g/mol. The fraction of sp³-hybridized carbons (Fsp3) is 0.867. The molecular formula is C15H26N2O3. The number of hydrogen-bond donors (Lipinski definition) is 1. The Morgan fingerprint density at radius 3 is 2.20 bits per heavy atom. The number of carbonyl (C=O) groups is 2. The van der Waals surface area contributed by atoms with Crippen molar-refractivity contribution in [3.05, 3.63) is 0 Å². The quantitative estimate of drug-likeness (QED) is 0.792. The summed E-state index contributed by atoms with van der Waals surface area (Å²) in [4.78, 5) is 27.3. The fourth-order valence-corrected chi connectivity index (χ4v) is 3.42.